The number of carbonyl (C=O) groups excluding carboxylic acids is 1. The predicted molar refractivity (Wildman–Crippen MR) is 88.5 cm³/mol. The standard InChI is InChI=1S/C15H24N2OS2/c1-11-6-7-20-14(11)9-16-15(18)10-17(2)12-4-5-13(8-12)19-3/h6-7,12-13H,4-5,8-10H2,1-3H3,(H,16,18)/t12-,13+/m0/s1. The van der Waals surface area contributed by atoms with Crippen LogP contribution in [0, 0.1) is 6.92 Å². The lowest BCUT2D eigenvalue weighted by molar-refractivity contribution is -0.122. The predicted octanol–water partition coefficient (Wildman–Crippen LogP) is 2.89. The molecule has 0 unspecified atom stereocenters. The first-order valence-corrected chi connectivity index (χ1v) is 9.29. The number of amides is 1. The summed E-state index contributed by atoms with van der Waals surface area (Å²) in [6.07, 6.45) is 5.91. The molecule has 1 aromatic rings. The van der Waals surface area contributed by atoms with E-state index in [1.807, 2.05) is 11.8 Å². The van der Waals surface area contributed by atoms with Crippen LogP contribution in [0.4, 0.5) is 0 Å². The molecule has 0 aromatic carbocycles. The van der Waals surface area contributed by atoms with E-state index in [4.69, 9.17) is 0 Å². The Labute approximate surface area is 130 Å². The van der Waals surface area contributed by atoms with Crippen molar-refractivity contribution < 1.29 is 4.79 Å². The van der Waals surface area contributed by atoms with Gasteiger partial charge in [-0.2, -0.15) is 11.8 Å². The second-order valence-corrected chi connectivity index (χ2v) is 7.68. The van der Waals surface area contributed by atoms with Crippen molar-refractivity contribution in [2.75, 3.05) is 19.8 Å². The third kappa shape index (κ3) is 4.24. The number of aryl methyl sites for hydroxylation is 1. The Bertz CT molecular complexity index is 447. The maximum absolute atomic E-state index is 12.0. The monoisotopic (exact) mass is 312 g/mol. The fourth-order valence-corrected chi connectivity index (χ4v) is 4.34. The molecule has 1 amide bonds. The third-order valence-electron chi connectivity index (χ3n) is 4.12. The Balaban J connectivity index is 1.73. The summed E-state index contributed by atoms with van der Waals surface area (Å²) in [5.41, 5.74) is 1.27. The zero-order valence-corrected chi connectivity index (χ0v) is 14.1. The topological polar surface area (TPSA) is 32.3 Å². The lowest BCUT2D eigenvalue weighted by atomic mass is 10.2. The highest BCUT2D eigenvalue weighted by Crippen LogP contribution is 2.30. The van der Waals surface area contributed by atoms with Gasteiger partial charge in [0.25, 0.3) is 0 Å². The van der Waals surface area contributed by atoms with Crippen LogP contribution in [0.1, 0.15) is 29.7 Å². The molecule has 1 saturated carbocycles. The average molecular weight is 313 g/mol. The van der Waals surface area contributed by atoms with Gasteiger partial charge >= 0.3 is 0 Å². The third-order valence-corrected chi connectivity index (χ3v) is 6.24. The van der Waals surface area contributed by atoms with Gasteiger partial charge in [-0.15, -0.1) is 11.3 Å². The number of rotatable bonds is 6. The van der Waals surface area contributed by atoms with Gasteiger partial charge in [0, 0.05) is 16.2 Å². The van der Waals surface area contributed by atoms with Crippen molar-refractivity contribution in [1.29, 1.82) is 0 Å². The normalized spacial score (nSPS) is 22.4. The number of nitrogens with zero attached hydrogens (tertiary/aromatic N) is 1. The van der Waals surface area contributed by atoms with Crippen LogP contribution in [0.5, 0.6) is 0 Å². The van der Waals surface area contributed by atoms with Crippen molar-refractivity contribution in [3.8, 4) is 0 Å². The second-order valence-electron chi connectivity index (χ2n) is 5.54. The molecule has 1 N–H and O–H groups in total. The van der Waals surface area contributed by atoms with Crippen LogP contribution in [0.15, 0.2) is 11.4 Å². The smallest absolute Gasteiger partial charge is 0.234 e. The molecule has 2 rings (SSSR count). The van der Waals surface area contributed by atoms with Gasteiger partial charge in [0.1, 0.15) is 0 Å². The summed E-state index contributed by atoms with van der Waals surface area (Å²) in [6.45, 7) is 3.26. The molecule has 1 aromatic heterocycles. The van der Waals surface area contributed by atoms with Crippen LogP contribution in [-0.2, 0) is 11.3 Å². The Hall–Kier alpha value is -0.520. The maximum Gasteiger partial charge on any atom is 0.234 e. The van der Waals surface area contributed by atoms with Crippen molar-refractivity contribution >= 4 is 29.0 Å². The number of likely N-dealkylation sites (N-methyl/N-ethyl adjacent to an activating group) is 1. The van der Waals surface area contributed by atoms with Crippen LogP contribution >= 0.6 is 23.1 Å². The molecule has 112 valence electrons. The molecule has 0 aliphatic heterocycles. The fourth-order valence-electron chi connectivity index (χ4n) is 2.71. The van der Waals surface area contributed by atoms with Gasteiger partial charge in [-0.05, 0) is 56.5 Å². The molecule has 1 aliphatic rings. The van der Waals surface area contributed by atoms with Gasteiger partial charge in [0.15, 0.2) is 0 Å². The molecule has 0 saturated heterocycles. The lowest BCUT2D eigenvalue weighted by Gasteiger charge is -2.23. The first-order chi connectivity index (χ1) is 9.60. The van der Waals surface area contributed by atoms with Gasteiger partial charge in [0.2, 0.25) is 5.91 Å². The largest absolute Gasteiger partial charge is 0.350 e. The molecule has 0 bridgehead atoms. The molecular formula is C15H24N2OS2. The molecule has 20 heavy (non-hydrogen) atoms. The highest BCUT2D eigenvalue weighted by molar-refractivity contribution is 7.99. The summed E-state index contributed by atoms with van der Waals surface area (Å²) in [6, 6.07) is 2.67. The van der Waals surface area contributed by atoms with Gasteiger partial charge < -0.3 is 5.32 Å². The Morgan fingerprint density at radius 1 is 1.55 bits per heavy atom. The summed E-state index contributed by atoms with van der Waals surface area (Å²) >= 11 is 3.66. The summed E-state index contributed by atoms with van der Waals surface area (Å²) in [7, 11) is 2.07. The van der Waals surface area contributed by atoms with Crippen molar-refractivity contribution in [3.63, 3.8) is 0 Å². The van der Waals surface area contributed by atoms with E-state index in [0.717, 1.165) is 5.25 Å². The highest BCUT2D eigenvalue weighted by Gasteiger charge is 2.27. The molecule has 2 atom stereocenters. The maximum atomic E-state index is 12.0. The molecule has 1 fully saturated rings. The van der Waals surface area contributed by atoms with Crippen LogP contribution in [-0.4, -0.2) is 41.9 Å². The van der Waals surface area contributed by atoms with Gasteiger partial charge in [-0.3, -0.25) is 9.69 Å². The van der Waals surface area contributed by atoms with E-state index in [1.165, 1.54) is 29.7 Å². The van der Waals surface area contributed by atoms with Crippen LogP contribution in [0.25, 0.3) is 0 Å². The summed E-state index contributed by atoms with van der Waals surface area (Å²) in [5, 5.41) is 5.88. The van der Waals surface area contributed by atoms with Crippen LogP contribution in [0.2, 0.25) is 0 Å². The van der Waals surface area contributed by atoms with E-state index in [2.05, 4.69) is 41.9 Å². The zero-order chi connectivity index (χ0) is 14.5. The lowest BCUT2D eigenvalue weighted by Crippen LogP contribution is -2.39. The van der Waals surface area contributed by atoms with E-state index in [-0.39, 0.29) is 5.91 Å². The minimum atomic E-state index is 0.132. The van der Waals surface area contributed by atoms with Crippen LogP contribution < -0.4 is 5.32 Å². The summed E-state index contributed by atoms with van der Waals surface area (Å²) < 4.78 is 0. The van der Waals surface area contributed by atoms with E-state index in [0.29, 0.717) is 19.1 Å². The first kappa shape index (κ1) is 15.9. The molecule has 3 nitrogen and oxygen atoms in total. The molecule has 1 aliphatic carbocycles. The van der Waals surface area contributed by atoms with Gasteiger partial charge in [0.05, 0.1) is 13.1 Å². The number of hydrogen-bond acceptors (Lipinski definition) is 4. The number of thioether (sulfide) groups is 1. The highest BCUT2D eigenvalue weighted by atomic mass is 32.2. The number of nitrogens with one attached hydrogen (secondary N) is 1. The van der Waals surface area contributed by atoms with E-state index >= 15 is 0 Å². The Morgan fingerprint density at radius 3 is 2.95 bits per heavy atom. The number of hydrogen-bond donors (Lipinski definition) is 1. The van der Waals surface area contributed by atoms with E-state index < -0.39 is 0 Å². The van der Waals surface area contributed by atoms with Gasteiger partial charge in [-0.1, -0.05) is 0 Å². The van der Waals surface area contributed by atoms with Crippen molar-refractivity contribution in [1.82, 2.24) is 10.2 Å². The van der Waals surface area contributed by atoms with Crippen molar-refractivity contribution in [2.45, 2.75) is 44.0 Å². The SMILES string of the molecule is CS[C@@H]1CC[C@H](N(C)CC(=O)NCc2sccc2C)C1. The molecule has 5 heteroatoms. The quantitative estimate of drug-likeness (QED) is 0.876. The molecule has 0 radical (unpaired) electrons. The summed E-state index contributed by atoms with van der Waals surface area (Å²) in [5.74, 6) is 0.132. The summed E-state index contributed by atoms with van der Waals surface area (Å²) in [4.78, 5) is 15.5. The molecular weight excluding hydrogens is 288 g/mol. The zero-order valence-electron chi connectivity index (χ0n) is 12.5. The average Bonchev–Trinajstić information content (AvgIpc) is 3.05. The minimum absolute atomic E-state index is 0.132. The minimum Gasteiger partial charge on any atom is -0.350 e. The second kappa shape index (κ2) is 7.48. The van der Waals surface area contributed by atoms with E-state index in [9.17, 15) is 4.79 Å². The van der Waals surface area contributed by atoms with Crippen molar-refractivity contribution in [3.05, 3.63) is 21.9 Å². The number of thiophene rings is 1. The molecule has 1 heterocycles. The van der Waals surface area contributed by atoms with E-state index in [1.54, 1.807) is 11.3 Å². The Kier molecular flexibility index (Phi) is 5.93. The van der Waals surface area contributed by atoms with Crippen molar-refractivity contribution in [2.24, 2.45) is 0 Å². The van der Waals surface area contributed by atoms with Gasteiger partial charge in [-0.25, -0.2) is 0 Å². The Morgan fingerprint density at radius 2 is 2.35 bits per heavy atom. The first-order valence-electron chi connectivity index (χ1n) is 7.13. The fraction of sp³-hybridized carbons (Fsp3) is 0.667. The number of carbonyl (C=O) groups is 1. The molecule has 0 spiro atoms. The van der Waals surface area contributed by atoms with Crippen LogP contribution in [0.3, 0.4) is 0 Å².